The number of fused-ring (bicyclic) bond motifs is 1. The number of nitrogens with one attached hydrogen (secondary N) is 1. The van der Waals surface area contributed by atoms with Crippen LogP contribution < -0.4 is 5.32 Å². The van der Waals surface area contributed by atoms with Crippen molar-refractivity contribution in [2.75, 3.05) is 38.6 Å². The molecule has 3 rings (SSSR count). The van der Waals surface area contributed by atoms with Crippen LogP contribution in [0.15, 0.2) is 23.7 Å². The zero-order valence-corrected chi connectivity index (χ0v) is 11.2. The van der Waals surface area contributed by atoms with E-state index in [0.717, 1.165) is 32.1 Å². The summed E-state index contributed by atoms with van der Waals surface area (Å²) in [6.45, 7) is 3.63. The largest absolute Gasteiger partial charge is 0.374 e. The summed E-state index contributed by atoms with van der Waals surface area (Å²) in [6, 6.07) is 4.17. The second-order valence-corrected chi connectivity index (χ2v) is 5.58. The van der Waals surface area contributed by atoms with Gasteiger partial charge in [0.2, 0.25) is 0 Å². The Morgan fingerprint density at radius 2 is 2.50 bits per heavy atom. The van der Waals surface area contributed by atoms with Gasteiger partial charge < -0.3 is 15.0 Å². The Bertz CT molecular complexity index is 528. The number of aromatic nitrogens is 1. The maximum atomic E-state index is 5.73. The van der Waals surface area contributed by atoms with Crippen LogP contribution in [0, 0.1) is 0 Å². The molecule has 1 fully saturated rings. The lowest BCUT2D eigenvalue weighted by Crippen LogP contribution is -2.43. The first-order valence-electron chi connectivity index (χ1n) is 6.19. The van der Waals surface area contributed by atoms with E-state index in [1.165, 1.54) is 10.1 Å². The lowest BCUT2D eigenvalue weighted by Gasteiger charge is -2.30. The molecule has 2 aromatic heterocycles. The maximum Gasteiger partial charge on any atom is 0.134 e. The van der Waals surface area contributed by atoms with Crippen LogP contribution in [0.25, 0.3) is 10.1 Å². The highest BCUT2D eigenvalue weighted by Gasteiger charge is 2.17. The molecule has 1 aliphatic heterocycles. The molecule has 2 aromatic rings. The molecule has 1 N–H and O–H groups in total. The summed E-state index contributed by atoms with van der Waals surface area (Å²) >= 11 is 1.74. The fourth-order valence-electron chi connectivity index (χ4n) is 2.24. The lowest BCUT2D eigenvalue weighted by atomic mass is 10.2. The molecule has 0 amide bonds. The van der Waals surface area contributed by atoms with Crippen molar-refractivity contribution in [3.05, 3.63) is 23.7 Å². The lowest BCUT2D eigenvalue weighted by molar-refractivity contribution is -0.0117. The smallest absolute Gasteiger partial charge is 0.134 e. The summed E-state index contributed by atoms with van der Waals surface area (Å²) in [4.78, 5) is 6.71. The third-order valence-electron chi connectivity index (χ3n) is 3.22. The predicted octanol–water partition coefficient (Wildman–Crippen LogP) is 2.04. The molecule has 3 heterocycles. The Morgan fingerprint density at radius 3 is 3.39 bits per heavy atom. The molecular formula is C13H17N3OS. The minimum Gasteiger partial charge on any atom is -0.374 e. The van der Waals surface area contributed by atoms with Crippen LogP contribution in [0.4, 0.5) is 5.82 Å². The Labute approximate surface area is 111 Å². The molecular weight excluding hydrogens is 246 g/mol. The van der Waals surface area contributed by atoms with Gasteiger partial charge in [-0.1, -0.05) is 0 Å². The van der Waals surface area contributed by atoms with Crippen LogP contribution >= 0.6 is 11.3 Å². The highest BCUT2D eigenvalue weighted by Crippen LogP contribution is 2.25. The van der Waals surface area contributed by atoms with Gasteiger partial charge in [0.25, 0.3) is 0 Å². The van der Waals surface area contributed by atoms with Crippen molar-refractivity contribution in [3.8, 4) is 0 Å². The van der Waals surface area contributed by atoms with E-state index in [0.29, 0.717) is 0 Å². The summed E-state index contributed by atoms with van der Waals surface area (Å²) in [7, 11) is 2.13. The summed E-state index contributed by atoms with van der Waals surface area (Å²) in [5.41, 5.74) is 0. The molecule has 0 spiro atoms. The van der Waals surface area contributed by atoms with Crippen LogP contribution in [-0.4, -0.2) is 49.3 Å². The van der Waals surface area contributed by atoms with Crippen molar-refractivity contribution in [2.24, 2.45) is 0 Å². The second-order valence-electron chi connectivity index (χ2n) is 4.63. The van der Waals surface area contributed by atoms with Crippen molar-refractivity contribution in [1.82, 2.24) is 9.88 Å². The fourth-order valence-corrected chi connectivity index (χ4v) is 3.02. The van der Waals surface area contributed by atoms with E-state index in [-0.39, 0.29) is 6.10 Å². The molecule has 0 aliphatic carbocycles. The first kappa shape index (κ1) is 11.9. The molecule has 0 radical (unpaired) electrons. The molecule has 1 atom stereocenters. The topological polar surface area (TPSA) is 37.4 Å². The number of ether oxygens (including phenoxy) is 1. The number of morpholine rings is 1. The Hall–Kier alpha value is -1.17. The van der Waals surface area contributed by atoms with Crippen LogP contribution in [0.3, 0.4) is 0 Å². The zero-order chi connectivity index (χ0) is 12.4. The summed E-state index contributed by atoms with van der Waals surface area (Å²) < 4.78 is 7.01. The molecule has 1 unspecified atom stereocenters. The zero-order valence-electron chi connectivity index (χ0n) is 10.4. The molecule has 1 aliphatic rings. The minimum atomic E-state index is 0.249. The van der Waals surface area contributed by atoms with Crippen LogP contribution in [0.5, 0.6) is 0 Å². The van der Waals surface area contributed by atoms with Gasteiger partial charge in [0.05, 0.1) is 12.7 Å². The van der Waals surface area contributed by atoms with Gasteiger partial charge in [0.15, 0.2) is 0 Å². The van der Waals surface area contributed by atoms with Crippen LogP contribution in [0.1, 0.15) is 0 Å². The quantitative estimate of drug-likeness (QED) is 0.919. The highest BCUT2D eigenvalue weighted by atomic mass is 32.1. The molecule has 5 heteroatoms. The third kappa shape index (κ3) is 2.48. The predicted molar refractivity (Wildman–Crippen MR) is 75.3 cm³/mol. The first-order chi connectivity index (χ1) is 8.83. The number of thiophene rings is 1. The second kappa shape index (κ2) is 5.22. The number of anilines is 1. The fraction of sp³-hybridized carbons (Fsp3) is 0.462. The van der Waals surface area contributed by atoms with Crippen molar-refractivity contribution in [3.63, 3.8) is 0 Å². The average molecular weight is 263 g/mol. The Balaban J connectivity index is 1.67. The van der Waals surface area contributed by atoms with Crippen molar-refractivity contribution < 1.29 is 4.74 Å². The van der Waals surface area contributed by atoms with Gasteiger partial charge >= 0.3 is 0 Å². The summed E-state index contributed by atoms with van der Waals surface area (Å²) in [5.74, 6) is 0.963. The highest BCUT2D eigenvalue weighted by molar-refractivity contribution is 7.17. The van der Waals surface area contributed by atoms with Crippen LogP contribution in [0.2, 0.25) is 0 Å². The van der Waals surface area contributed by atoms with E-state index >= 15 is 0 Å². The van der Waals surface area contributed by atoms with E-state index in [1.807, 2.05) is 6.20 Å². The van der Waals surface area contributed by atoms with Gasteiger partial charge in [-0.25, -0.2) is 4.98 Å². The summed E-state index contributed by atoms with van der Waals surface area (Å²) in [5, 5.41) is 6.71. The van der Waals surface area contributed by atoms with E-state index in [9.17, 15) is 0 Å². The van der Waals surface area contributed by atoms with Crippen molar-refractivity contribution in [2.45, 2.75) is 6.10 Å². The number of nitrogens with zero attached hydrogens (tertiary/aromatic N) is 2. The average Bonchev–Trinajstić information content (AvgIpc) is 2.85. The van der Waals surface area contributed by atoms with Gasteiger partial charge in [-0.15, -0.1) is 11.3 Å². The van der Waals surface area contributed by atoms with Gasteiger partial charge in [0, 0.05) is 35.9 Å². The SMILES string of the molecule is CN1CCOC(CNc2nccc3sccc23)C1. The van der Waals surface area contributed by atoms with E-state index < -0.39 is 0 Å². The molecule has 1 saturated heterocycles. The number of pyridine rings is 1. The van der Waals surface area contributed by atoms with Crippen LogP contribution in [-0.2, 0) is 4.74 Å². The Kier molecular flexibility index (Phi) is 3.45. The molecule has 96 valence electrons. The molecule has 0 saturated carbocycles. The van der Waals surface area contributed by atoms with Gasteiger partial charge in [0.1, 0.15) is 5.82 Å². The molecule has 0 aromatic carbocycles. The Morgan fingerprint density at radius 1 is 1.56 bits per heavy atom. The monoisotopic (exact) mass is 263 g/mol. The maximum absolute atomic E-state index is 5.73. The molecule has 0 bridgehead atoms. The number of hydrogen-bond acceptors (Lipinski definition) is 5. The number of hydrogen-bond donors (Lipinski definition) is 1. The van der Waals surface area contributed by atoms with Crippen molar-refractivity contribution >= 4 is 27.2 Å². The van der Waals surface area contributed by atoms with E-state index in [4.69, 9.17) is 4.74 Å². The number of likely N-dealkylation sites (N-methyl/N-ethyl adjacent to an activating group) is 1. The van der Waals surface area contributed by atoms with Gasteiger partial charge in [-0.05, 0) is 24.6 Å². The summed E-state index contributed by atoms with van der Waals surface area (Å²) in [6.07, 6.45) is 2.11. The van der Waals surface area contributed by atoms with E-state index in [1.54, 1.807) is 11.3 Å². The van der Waals surface area contributed by atoms with Gasteiger partial charge in [-0.2, -0.15) is 0 Å². The number of rotatable bonds is 3. The standard InChI is InChI=1S/C13H17N3OS/c1-16-5-6-17-10(9-16)8-15-13-11-3-7-18-12(11)2-4-14-13/h2-4,7,10H,5-6,8-9H2,1H3,(H,14,15). The molecule has 18 heavy (non-hydrogen) atoms. The van der Waals surface area contributed by atoms with Crippen molar-refractivity contribution in [1.29, 1.82) is 0 Å². The minimum absolute atomic E-state index is 0.249. The third-order valence-corrected chi connectivity index (χ3v) is 4.10. The van der Waals surface area contributed by atoms with Gasteiger partial charge in [-0.3, -0.25) is 0 Å². The van der Waals surface area contributed by atoms with E-state index in [2.05, 4.69) is 39.8 Å². The normalized spacial score (nSPS) is 21.3. The first-order valence-corrected chi connectivity index (χ1v) is 7.07. The molecule has 4 nitrogen and oxygen atoms in total.